The van der Waals surface area contributed by atoms with Gasteiger partial charge < -0.3 is 14.8 Å². The average Bonchev–Trinajstić information content (AvgIpc) is 2.74. The van der Waals surface area contributed by atoms with E-state index >= 15 is 0 Å². The summed E-state index contributed by atoms with van der Waals surface area (Å²) < 4.78 is 11.6. The Kier molecular flexibility index (Phi) is 5.90. The molecule has 0 aliphatic carbocycles. The first-order valence-electron chi connectivity index (χ1n) is 8.64. The van der Waals surface area contributed by atoms with Crippen molar-refractivity contribution in [3.63, 3.8) is 0 Å². The molecule has 146 valence electrons. The first-order chi connectivity index (χ1) is 14.0. The Hall–Kier alpha value is -4.12. The summed E-state index contributed by atoms with van der Waals surface area (Å²) in [5.74, 6) is 0.669. The van der Waals surface area contributed by atoms with Gasteiger partial charge >= 0.3 is 0 Å². The van der Waals surface area contributed by atoms with Crippen molar-refractivity contribution < 1.29 is 14.3 Å². The molecule has 0 bridgehead atoms. The number of nitriles is 1. The van der Waals surface area contributed by atoms with Gasteiger partial charge in [-0.1, -0.05) is 6.07 Å². The number of methoxy groups -OCH3 is 2. The number of aromatic nitrogens is 2. The topological polar surface area (TPSA) is 106 Å². The SMILES string of the molecule is COc1ccc(-c2ccc(=O)n(CC(=O)Nc3cccc(C#N)c3)n2)cc1OC. The number of hydrogen-bond acceptors (Lipinski definition) is 6. The van der Waals surface area contributed by atoms with E-state index in [0.29, 0.717) is 34.0 Å². The zero-order valence-electron chi connectivity index (χ0n) is 15.9. The Balaban J connectivity index is 1.83. The molecule has 1 N–H and O–H groups in total. The fourth-order valence-electron chi connectivity index (χ4n) is 2.71. The van der Waals surface area contributed by atoms with Crippen molar-refractivity contribution in [2.24, 2.45) is 0 Å². The zero-order valence-corrected chi connectivity index (χ0v) is 15.9. The van der Waals surface area contributed by atoms with Crippen molar-refractivity contribution in [2.45, 2.75) is 6.54 Å². The molecule has 0 unspecified atom stereocenters. The van der Waals surface area contributed by atoms with Crippen LogP contribution in [0.3, 0.4) is 0 Å². The van der Waals surface area contributed by atoms with Gasteiger partial charge in [-0.25, -0.2) is 4.68 Å². The van der Waals surface area contributed by atoms with E-state index in [-0.39, 0.29) is 6.54 Å². The molecule has 1 heterocycles. The molecule has 8 heteroatoms. The molecule has 1 amide bonds. The van der Waals surface area contributed by atoms with Gasteiger partial charge in [0.15, 0.2) is 11.5 Å². The fourth-order valence-corrected chi connectivity index (χ4v) is 2.71. The van der Waals surface area contributed by atoms with Gasteiger partial charge in [-0.3, -0.25) is 9.59 Å². The second kappa shape index (κ2) is 8.71. The third-order valence-corrected chi connectivity index (χ3v) is 4.11. The molecule has 0 saturated carbocycles. The van der Waals surface area contributed by atoms with Gasteiger partial charge in [-0.15, -0.1) is 0 Å². The van der Waals surface area contributed by atoms with Crippen LogP contribution >= 0.6 is 0 Å². The van der Waals surface area contributed by atoms with Crippen molar-refractivity contribution in [3.05, 3.63) is 70.5 Å². The molecule has 29 heavy (non-hydrogen) atoms. The van der Waals surface area contributed by atoms with Gasteiger partial charge in [0.1, 0.15) is 6.54 Å². The van der Waals surface area contributed by atoms with Crippen LogP contribution in [-0.2, 0) is 11.3 Å². The van der Waals surface area contributed by atoms with Crippen molar-refractivity contribution in [2.75, 3.05) is 19.5 Å². The minimum Gasteiger partial charge on any atom is -0.493 e. The molecule has 3 rings (SSSR count). The number of anilines is 1. The summed E-state index contributed by atoms with van der Waals surface area (Å²) in [7, 11) is 3.07. The monoisotopic (exact) mass is 390 g/mol. The zero-order chi connectivity index (χ0) is 20.8. The lowest BCUT2D eigenvalue weighted by atomic mass is 10.1. The van der Waals surface area contributed by atoms with E-state index in [1.54, 1.807) is 55.6 Å². The van der Waals surface area contributed by atoms with Gasteiger partial charge in [0.05, 0.1) is 31.5 Å². The van der Waals surface area contributed by atoms with Crippen molar-refractivity contribution in [3.8, 4) is 28.8 Å². The molecular formula is C21H18N4O4. The first-order valence-corrected chi connectivity index (χ1v) is 8.64. The molecular weight excluding hydrogens is 372 g/mol. The molecule has 1 aromatic heterocycles. The lowest BCUT2D eigenvalue weighted by molar-refractivity contribution is -0.117. The van der Waals surface area contributed by atoms with Crippen LogP contribution in [-0.4, -0.2) is 29.9 Å². The molecule has 0 spiro atoms. The molecule has 3 aromatic rings. The lowest BCUT2D eigenvalue weighted by Gasteiger charge is -2.11. The summed E-state index contributed by atoms with van der Waals surface area (Å²) in [5, 5.41) is 15.9. The van der Waals surface area contributed by atoms with Gasteiger partial charge in [0, 0.05) is 17.3 Å². The number of carbonyl (C=O) groups excluding carboxylic acids is 1. The van der Waals surface area contributed by atoms with Crippen LogP contribution in [0.1, 0.15) is 5.56 Å². The highest BCUT2D eigenvalue weighted by molar-refractivity contribution is 5.90. The number of nitrogens with one attached hydrogen (secondary N) is 1. The minimum atomic E-state index is -0.431. The Morgan fingerprint density at radius 2 is 1.90 bits per heavy atom. The summed E-state index contributed by atoms with van der Waals surface area (Å²) in [4.78, 5) is 24.5. The predicted molar refractivity (Wildman–Crippen MR) is 107 cm³/mol. The molecule has 0 fully saturated rings. The van der Waals surface area contributed by atoms with Gasteiger partial charge in [-0.05, 0) is 42.5 Å². The Labute approximate surface area is 166 Å². The Bertz CT molecular complexity index is 1150. The second-order valence-electron chi connectivity index (χ2n) is 6.03. The Morgan fingerprint density at radius 3 is 2.62 bits per heavy atom. The number of nitrogens with zero attached hydrogens (tertiary/aromatic N) is 3. The molecule has 0 saturated heterocycles. The van der Waals surface area contributed by atoms with Crippen LogP contribution in [0.15, 0.2) is 59.4 Å². The summed E-state index contributed by atoms with van der Waals surface area (Å²) >= 11 is 0. The largest absolute Gasteiger partial charge is 0.493 e. The number of ether oxygens (including phenoxy) is 2. The Morgan fingerprint density at radius 1 is 1.10 bits per heavy atom. The summed E-state index contributed by atoms with van der Waals surface area (Å²) in [6, 6.07) is 16.7. The molecule has 0 radical (unpaired) electrons. The quantitative estimate of drug-likeness (QED) is 0.693. The van der Waals surface area contributed by atoms with E-state index in [0.717, 1.165) is 4.68 Å². The number of hydrogen-bond donors (Lipinski definition) is 1. The maximum Gasteiger partial charge on any atom is 0.267 e. The third-order valence-electron chi connectivity index (χ3n) is 4.11. The smallest absolute Gasteiger partial charge is 0.267 e. The van der Waals surface area contributed by atoms with Crippen molar-refractivity contribution in [1.82, 2.24) is 9.78 Å². The van der Waals surface area contributed by atoms with Crippen LogP contribution in [0.25, 0.3) is 11.3 Å². The highest BCUT2D eigenvalue weighted by atomic mass is 16.5. The van der Waals surface area contributed by atoms with Crippen LogP contribution in [0, 0.1) is 11.3 Å². The lowest BCUT2D eigenvalue weighted by Crippen LogP contribution is -2.29. The molecule has 0 aliphatic rings. The highest BCUT2D eigenvalue weighted by Gasteiger charge is 2.11. The van der Waals surface area contributed by atoms with Crippen molar-refractivity contribution in [1.29, 1.82) is 5.26 Å². The van der Waals surface area contributed by atoms with E-state index in [1.165, 1.54) is 13.2 Å². The van der Waals surface area contributed by atoms with Crippen LogP contribution in [0.2, 0.25) is 0 Å². The first kappa shape index (κ1) is 19.6. The van der Waals surface area contributed by atoms with E-state index in [1.807, 2.05) is 6.07 Å². The standard InChI is InChI=1S/C21H18N4O4/c1-28-18-8-6-15(11-19(18)29-2)17-7-9-21(27)25(24-17)13-20(26)23-16-5-3-4-14(10-16)12-22/h3-11H,13H2,1-2H3,(H,23,26). The summed E-state index contributed by atoms with van der Waals surface area (Å²) in [6.45, 7) is -0.267. The van der Waals surface area contributed by atoms with E-state index < -0.39 is 11.5 Å². The van der Waals surface area contributed by atoms with Gasteiger partial charge in [0.25, 0.3) is 5.56 Å². The summed E-state index contributed by atoms with van der Waals surface area (Å²) in [6.07, 6.45) is 0. The summed E-state index contributed by atoms with van der Waals surface area (Å²) in [5.41, 5.74) is 1.70. The molecule has 0 atom stereocenters. The highest BCUT2D eigenvalue weighted by Crippen LogP contribution is 2.31. The molecule has 2 aromatic carbocycles. The van der Waals surface area contributed by atoms with Crippen LogP contribution in [0.5, 0.6) is 11.5 Å². The molecule has 8 nitrogen and oxygen atoms in total. The van der Waals surface area contributed by atoms with Crippen LogP contribution in [0.4, 0.5) is 5.69 Å². The third kappa shape index (κ3) is 4.59. The second-order valence-corrected chi connectivity index (χ2v) is 6.03. The van der Waals surface area contributed by atoms with Gasteiger partial charge in [-0.2, -0.15) is 10.4 Å². The maximum atomic E-state index is 12.3. The maximum absolute atomic E-state index is 12.3. The van der Waals surface area contributed by atoms with Crippen molar-refractivity contribution >= 4 is 11.6 Å². The number of amides is 1. The van der Waals surface area contributed by atoms with Crippen LogP contribution < -0.4 is 20.3 Å². The van der Waals surface area contributed by atoms with Gasteiger partial charge in [0.2, 0.25) is 5.91 Å². The van der Waals surface area contributed by atoms with E-state index in [4.69, 9.17) is 14.7 Å². The predicted octanol–water partition coefficient (Wildman–Crippen LogP) is 2.44. The number of carbonyl (C=O) groups is 1. The fraction of sp³-hybridized carbons (Fsp3) is 0.143. The van der Waals surface area contributed by atoms with E-state index in [2.05, 4.69) is 10.4 Å². The normalized spacial score (nSPS) is 10.1. The average molecular weight is 390 g/mol. The number of benzene rings is 2. The number of rotatable bonds is 6. The van der Waals surface area contributed by atoms with E-state index in [9.17, 15) is 9.59 Å². The molecule has 0 aliphatic heterocycles. The minimum absolute atomic E-state index is 0.267.